The van der Waals surface area contributed by atoms with E-state index in [2.05, 4.69) is 15.8 Å². The van der Waals surface area contributed by atoms with E-state index in [0.717, 1.165) is 6.42 Å². The van der Waals surface area contributed by atoms with Crippen molar-refractivity contribution in [2.24, 2.45) is 5.10 Å². The molecule has 0 atom stereocenters. The van der Waals surface area contributed by atoms with Gasteiger partial charge in [0.15, 0.2) is 16.6 Å². The summed E-state index contributed by atoms with van der Waals surface area (Å²) in [4.78, 5) is 10.6. The number of ether oxygens (including phenoxy) is 2. The van der Waals surface area contributed by atoms with Gasteiger partial charge in [-0.15, -0.1) is 0 Å². The van der Waals surface area contributed by atoms with Crippen LogP contribution in [0.25, 0.3) is 0 Å². The first kappa shape index (κ1) is 21.1. The van der Waals surface area contributed by atoms with E-state index in [1.807, 2.05) is 6.92 Å². The van der Waals surface area contributed by atoms with Crippen LogP contribution in [0.3, 0.4) is 0 Å². The molecule has 0 fully saturated rings. The highest BCUT2D eigenvalue weighted by Crippen LogP contribution is 2.29. The molecule has 0 aliphatic rings. The highest BCUT2D eigenvalue weighted by Gasteiger charge is 2.10. The zero-order chi connectivity index (χ0) is 20.5. The molecule has 0 heterocycles. The normalized spacial score (nSPS) is 10.9. The highest BCUT2D eigenvalue weighted by atomic mass is 32.1. The first-order chi connectivity index (χ1) is 13.5. The van der Waals surface area contributed by atoms with Gasteiger partial charge in [-0.25, -0.2) is 0 Å². The van der Waals surface area contributed by atoms with Crippen LogP contribution in [0.4, 0.5) is 11.4 Å². The first-order valence-electron chi connectivity index (χ1n) is 8.58. The predicted molar refractivity (Wildman–Crippen MR) is 113 cm³/mol. The van der Waals surface area contributed by atoms with Crippen molar-refractivity contribution in [2.45, 2.75) is 19.8 Å². The molecule has 2 aromatic rings. The number of hydrogen-bond donors (Lipinski definition) is 2. The summed E-state index contributed by atoms with van der Waals surface area (Å²) in [5.74, 6) is 1.18. The Hall–Kier alpha value is -3.20. The summed E-state index contributed by atoms with van der Waals surface area (Å²) < 4.78 is 10.5. The molecule has 0 radical (unpaired) electrons. The molecule has 0 saturated heterocycles. The quantitative estimate of drug-likeness (QED) is 0.297. The van der Waals surface area contributed by atoms with Crippen molar-refractivity contribution >= 4 is 34.4 Å². The Bertz CT molecular complexity index is 886. The van der Waals surface area contributed by atoms with Crippen LogP contribution in [-0.2, 0) is 0 Å². The number of anilines is 1. The maximum atomic E-state index is 11.0. The van der Waals surface area contributed by atoms with Gasteiger partial charge < -0.3 is 14.8 Å². The fourth-order valence-corrected chi connectivity index (χ4v) is 2.66. The molecule has 148 valence electrons. The average molecular weight is 402 g/mol. The third-order valence-corrected chi connectivity index (χ3v) is 4.00. The summed E-state index contributed by atoms with van der Waals surface area (Å²) in [6.45, 7) is 2.01. The Morgan fingerprint density at radius 3 is 2.57 bits per heavy atom. The SMILES string of the molecule is CCC/C(=N/NC(=S)Nc1ccc(OC)c(OC)c1)c1cccc([N+](=O)[O-])c1. The van der Waals surface area contributed by atoms with Gasteiger partial charge in [0.2, 0.25) is 0 Å². The Morgan fingerprint density at radius 1 is 1.18 bits per heavy atom. The summed E-state index contributed by atoms with van der Waals surface area (Å²) in [6, 6.07) is 11.7. The van der Waals surface area contributed by atoms with Crippen LogP contribution in [0.5, 0.6) is 11.5 Å². The van der Waals surface area contributed by atoms with E-state index < -0.39 is 4.92 Å². The van der Waals surface area contributed by atoms with Gasteiger partial charge in [0.25, 0.3) is 5.69 Å². The molecule has 2 rings (SSSR count). The molecule has 0 unspecified atom stereocenters. The van der Waals surface area contributed by atoms with Crippen LogP contribution in [0.2, 0.25) is 0 Å². The molecule has 0 aliphatic heterocycles. The second-order valence-electron chi connectivity index (χ2n) is 5.75. The number of non-ortho nitro benzene ring substituents is 1. The monoisotopic (exact) mass is 402 g/mol. The van der Waals surface area contributed by atoms with Crippen LogP contribution in [0.15, 0.2) is 47.6 Å². The van der Waals surface area contributed by atoms with Gasteiger partial charge in [-0.3, -0.25) is 15.5 Å². The largest absolute Gasteiger partial charge is 0.493 e. The van der Waals surface area contributed by atoms with Crippen molar-refractivity contribution < 1.29 is 14.4 Å². The molecular weight excluding hydrogens is 380 g/mol. The molecule has 0 amide bonds. The molecule has 0 spiro atoms. The third-order valence-electron chi connectivity index (χ3n) is 3.81. The van der Waals surface area contributed by atoms with Crippen molar-refractivity contribution in [1.82, 2.24) is 5.43 Å². The summed E-state index contributed by atoms with van der Waals surface area (Å²) in [5.41, 5.74) is 4.88. The maximum Gasteiger partial charge on any atom is 0.270 e. The Morgan fingerprint density at radius 2 is 1.93 bits per heavy atom. The molecule has 0 bridgehead atoms. The smallest absolute Gasteiger partial charge is 0.270 e. The fourth-order valence-electron chi connectivity index (χ4n) is 2.49. The summed E-state index contributed by atoms with van der Waals surface area (Å²) in [7, 11) is 3.12. The summed E-state index contributed by atoms with van der Waals surface area (Å²) in [6.07, 6.45) is 1.48. The maximum absolute atomic E-state index is 11.0. The van der Waals surface area contributed by atoms with Crippen molar-refractivity contribution in [1.29, 1.82) is 0 Å². The fraction of sp³-hybridized carbons (Fsp3) is 0.263. The van der Waals surface area contributed by atoms with E-state index >= 15 is 0 Å². The van der Waals surface area contributed by atoms with Crippen LogP contribution in [0, 0.1) is 10.1 Å². The Kier molecular flexibility index (Phi) is 7.70. The highest BCUT2D eigenvalue weighted by molar-refractivity contribution is 7.80. The zero-order valence-electron chi connectivity index (χ0n) is 15.9. The van der Waals surface area contributed by atoms with E-state index in [4.69, 9.17) is 21.7 Å². The lowest BCUT2D eigenvalue weighted by Gasteiger charge is -2.12. The number of nitrogens with zero attached hydrogens (tertiary/aromatic N) is 2. The number of hydrazone groups is 1. The molecule has 28 heavy (non-hydrogen) atoms. The van der Waals surface area contributed by atoms with Gasteiger partial charge in [-0.2, -0.15) is 5.10 Å². The second kappa shape index (κ2) is 10.2. The van der Waals surface area contributed by atoms with Gasteiger partial charge in [0.05, 0.1) is 24.9 Å². The lowest BCUT2D eigenvalue weighted by molar-refractivity contribution is -0.384. The molecule has 0 aliphatic carbocycles. The van der Waals surface area contributed by atoms with Gasteiger partial charge in [0, 0.05) is 29.4 Å². The third kappa shape index (κ3) is 5.65. The minimum Gasteiger partial charge on any atom is -0.493 e. The Labute approximate surface area is 168 Å². The number of benzene rings is 2. The average Bonchev–Trinajstić information content (AvgIpc) is 2.71. The number of rotatable bonds is 8. The van der Waals surface area contributed by atoms with Crippen LogP contribution in [-0.4, -0.2) is 30.0 Å². The summed E-state index contributed by atoms with van der Waals surface area (Å²) >= 11 is 5.29. The van der Waals surface area contributed by atoms with E-state index in [-0.39, 0.29) is 10.8 Å². The van der Waals surface area contributed by atoms with Crippen LogP contribution >= 0.6 is 12.2 Å². The van der Waals surface area contributed by atoms with Gasteiger partial charge in [-0.1, -0.05) is 25.5 Å². The second-order valence-corrected chi connectivity index (χ2v) is 6.16. The lowest BCUT2D eigenvalue weighted by Crippen LogP contribution is -2.25. The number of nitrogens with one attached hydrogen (secondary N) is 2. The van der Waals surface area contributed by atoms with Crippen molar-refractivity contribution in [3.63, 3.8) is 0 Å². The molecule has 9 heteroatoms. The first-order valence-corrected chi connectivity index (χ1v) is 8.99. The standard InChI is InChI=1S/C19H22N4O4S/c1-4-6-16(13-7-5-8-15(11-13)23(24)25)21-22-19(28)20-14-9-10-17(26-2)18(12-14)27-3/h5,7-12H,4,6H2,1-3H3,(H2,20,22,28)/b21-16-. The number of nitro benzene ring substituents is 1. The molecule has 2 aromatic carbocycles. The van der Waals surface area contributed by atoms with Crippen molar-refractivity contribution in [3.8, 4) is 11.5 Å². The molecule has 0 aromatic heterocycles. The van der Waals surface area contributed by atoms with Crippen LogP contribution < -0.4 is 20.2 Å². The zero-order valence-corrected chi connectivity index (χ0v) is 16.7. The molecule has 2 N–H and O–H groups in total. The van der Waals surface area contributed by atoms with E-state index in [1.54, 1.807) is 44.6 Å². The van der Waals surface area contributed by atoms with Crippen LogP contribution in [0.1, 0.15) is 25.3 Å². The predicted octanol–water partition coefficient (Wildman–Crippen LogP) is 4.10. The number of thiocarbonyl (C=S) groups is 1. The summed E-state index contributed by atoms with van der Waals surface area (Å²) in [5, 5.41) is 18.6. The van der Waals surface area contributed by atoms with Gasteiger partial charge in [0.1, 0.15) is 0 Å². The minimum atomic E-state index is -0.427. The van der Waals surface area contributed by atoms with Gasteiger partial charge in [-0.05, 0) is 30.8 Å². The minimum absolute atomic E-state index is 0.0207. The van der Waals surface area contributed by atoms with Gasteiger partial charge >= 0.3 is 0 Å². The van der Waals surface area contributed by atoms with E-state index in [0.29, 0.717) is 34.9 Å². The lowest BCUT2D eigenvalue weighted by atomic mass is 10.1. The van der Waals surface area contributed by atoms with E-state index in [9.17, 15) is 10.1 Å². The van der Waals surface area contributed by atoms with Crippen molar-refractivity contribution in [3.05, 3.63) is 58.1 Å². The topological polar surface area (TPSA) is 98.0 Å². The van der Waals surface area contributed by atoms with Crippen molar-refractivity contribution in [2.75, 3.05) is 19.5 Å². The number of nitro groups is 1. The number of hydrogen-bond acceptors (Lipinski definition) is 6. The number of methoxy groups -OCH3 is 2. The molecule has 8 nitrogen and oxygen atoms in total. The van der Waals surface area contributed by atoms with E-state index in [1.165, 1.54) is 12.1 Å². The Balaban J connectivity index is 2.13. The molecular formula is C19H22N4O4S. The molecule has 0 saturated carbocycles.